The number of amides is 4. The summed E-state index contributed by atoms with van der Waals surface area (Å²) in [6, 6.07) is 11.2. The summed E-state index contributed by atoms with van der Waals surface area (Å²) in [5.74, 6) is -5.76. The largest absolute Gasteiger partial charge is 0.471 e. The van der Waals surface area contributed by atoms with Crippen molar-refractivity contribution in [1.82, 2.24) is 30.2 Å². The highest BCUT2D eigenvalue weighted by atomic mass is 32.2. The second-order valence-corrected chi connectivity index (χ2v) is 18.3. The third-order valence-electron chi connectivity index (χ3n) is 11.9. The minimum Gasteiger partial charge on any atom is -0.470 e. The van der Waals surface area contributed by atoms with E-state index in [1.165, 1.54) is 24.5 Å². The number of alkyl halides is 3. The third kappa shape index (κ3) is 8.47. The molecule has 330 valence electrons. The number of aromatic nitrogens is 2. The molecule has 20 heteroatoms. The highest BCUT2D eigenvalue weighted by Crippen LogP contribution is 2.46. The molecule has 0 spiro atoms. The molecular weight excluding hydrogens is 853 g/mol. The number of allylic oxidation sites excluding steroid dienone is 1. The summed E-state index contributed by atoms with van der Waals surface area (Å²) >= 11 is 0. The molecule has 15 nitrogen and oxygen atoms in total. The monoisotopic (exact) mass is 892 g/mol. The van der Waals surface area contributed by atoms with Gasteiger partial charge < -0.3 is 29.1 Å². The van der Waals surface area contributed by atoms with Gasteiger partial charge in [-0.05, 0) is 68.9 Å². The summed E-state index contributed by atoms with van der Waals surface area (Å²) in [5, 5.41) is 4.07. The number of carbonyl (C=O) groups excluding carboxylic acids is 4. The van der Waals surface area contributed by atoms with E-state index in [2.05, 4.69) is 15.0 Å². The Morgan fingerprint density at radius 2 is 1.76 bits per heavy atom. The van der Waals surface area contributed by atoms with Crippen LogP contribution in [-0.2, 0) is 29.2 Å². The van der Waals surface area contributed by atoms with E-state index < -0.39 is 87.1 Å². The average Bonchev–Trinajstić information content (AvgIpc) is 4.05. The third-order valence-corrected chi connectivity index (χ3v) is 13.7. The van der Waals surface area contributed by atoms with Crippen LogP contribution in [0, 0.1) is 11.7 Å². The first-order valence-corrected chi connectivity index (χ1v) is 22.1. The van der Waals surface area contributed by atoms with E-state index in [0.717, 1.165) is 10.5 Å². The lowest BCUT2D eigenvalue weighted by atomic mass is 10.0. The highest BCUT2D eigenvalue weighted by molar-refractivity contribution is 7.91. The van der Waals surface area contributed by atoms with Crippen LogP contribution in [0.5, 0.6) is 5.88 Å². The Morgan fingerprint density at radius 3 is 2.49 bits per heavy atom. The van der Waals surface area contributed by atoms with Gasteiger partial charge in [0.15, 0.2) is 5.82 Å². The molecule has 2 saturated carbocycles. The second-order valence-electron chi connectivity index (χ2n) is 16.3. The Balaban J connectivity index is 1.08. The SMILES string of the molecule is O=C1N[C@]2(C(=O)NS(=O)(=O)C3CC3)C[C@H]2/C=C\CCCCC[C@H](NC(=O)C(F)(F)F)C(=O)N2C[C@H](Oc3nc(-c4ccc(-c5ccco5)cc4)nc4c3oc3ccc(F)cc34)C[C@@H]12. The molecule has 5 atom stereocenters. The molecule has 3 aromatic heterocycles. The molecule has 4 amide bonds. The van der Waals surface area contributed by atoms with Crippen LogP contribution >= 0.6 is 0 Å². The molecule has 2 aromatic carbocycles. The van der Waals surface area contributed by atoms with Gasteiger partial charge in [0.1, 0.15) is 46.4 Å². The number of hydrogen-bond donors (Lipinski definition) is 3. The zero-order chi connectivity index (χ0) is 44.3. The molecule has 0 radical (unpaired) electrons. The number of sulfonamides is 1. The minimum absolute atomic E-state index is 0.00205. The minimum atomic E-state index is -5.32. The van der Waals surface area contributed by atoms with Gasteiger partial charge in [0.05, 0.1) is 18.1 Å². The number of ether oxygens (including phenoxy) is 1. The normalized spacial score (nSPS) is 25.0. The van der Waals surface area contributed by atoms with Gasteiger partial charge in [0, 0.05) is 28.9 Å². The molecular formula is C43H40F4N6O9S. The number of halogens is 4. The molecule has 9 rings (SSSR count). The van der Waals surface area contributed by atoms with Crippen LogP contribution in [0.15, 0.2) is 81.8 Å². The fraction of sp³-hybridized carbons (Fsp3) is 0.395. The van der Waals surface area contributed by atoms with Crippen molar-refractivity contribution >= 4 is 55.7 Å². The number of carbonyl (C=O) groups is 4. The van der Waals surface area contributed by atoms with Crippen molar-refractivity contribution in [3.8, 4) is 28.6 Å². The number of fused-ring (bicyclic) bond motifs is 5. The first-order valence-electron chi connectivity index (χ1n) is 20.5. The van der Waals surface area contributed by atoms with E-state index in [-0.39, 0.29) is 54.1 Å². The number of hydrogen-bond acceptors (Lipinski definition) is 11. The lowest BCUT2D eigenvalue weighted by molar-refractivity contribution is -0.175. The highest BCUT2D eigenvalue weighted by Gasteiger charge is 2.62. The number of rotatable bonds is 8. The Morgan fingerprint density at radius 1 is 0.984 bits per heavy atom. The number of nitrogens with one attached hydrogen (secondary N) is 3. The topological polar surface area (TPSA) is 203 Å². The Labute approximate surface area is 356 Å². The average molecular weight is 893 g/mol. The summed E-state index contributed by atoms with van der Waals surface area (Å²) < 4.78 is 101. The van der Waals surface area contributed by atoms with Gasteiger partial charge in [-0.2, -0.15) is 18.2 Å². The molecule has 3 fully saturated rings. The van der Waals surface area contributed by atoms with Gasteiger partial charge in [-0.15, -0.1) is 0 Å². The fourth-order valence-corrected chi connectivity index (χ4v) is 9.64. The van der Waals surface area contributed by atoms with Crippen molar-refractivity contribution in [2.24, 2.45) is 5.92 Å². The molecule has 63 heavy (non-hydrogen) atoms. The maximum Gasteiger partial charge on any atom is 0.471 e. The molecule has 4 aliphatic rings. The molecule has 5 aromatic rings. The fourth-order valence-electron chi connectivity index (χ4n) is 8.27. The van der Waals surface area contributed by atoms with E-state index in [1.807, 2.05) is 5.32 Å². The van der Waals surface area contributed by atoms with Crippen LogP contribution in [-0.4, -0.2) is 88.6 Å². The predicted molar refractivity (Wildman–Crippen MR) is 216 cm³/mol. The maximum absolute atomic E-state index is 14.6. The first-order chi connectivity index (χ1) is 30.1. The van der Waals surface area contributed by atoms with Gasteiger partial charge in [0.25, 0.3) is 11.8 Å². The van der Waals surface area contributed by atoms with Gasteiger partial charge in [0.2, 0.25) is 27.4 Å². The van der Waals surface area contributed by atoms with Crippen LogP contribution in [0.1, 0.15) is 57.8 Å². The summed E-state index contributed by atoms with van der Waals surface area (Å²) in [6.45, 7) is -0.401. The summed E-state index contributed by atoms with van der Waals surface area (Å²) in [7, 11) is -4.04. The van der Waals surface area contributed by atoms with Crippen molar-refractivity contribution < 1.29 is 58.7 Å². The van der Waals surface area contributed by atoms with E-state index in [4.69, 9.17) is 18.6 Å². The van der Waals surface area contributed by atoms with E-state index >= 15 is 0 Å². The van der Waals surface area contributed by atoms with Crippen molar-refractivity contribution in [2.45, 2.75) is 92.9 Å². The van der Waals surface area contributed by atoms with Crippen LogP contribution < -0.4 is 20.1 Å². The van der Waals surface area contributed by atoms with Crippen LogP contribution in [0.3, 0.4) is 0 Å². The zero-order valence-corrected chi connectivity index (χ0v) is 34.1. The Bertz CT molecular complexity index is 2760. The van der Waals surface area contributed by atoms with E-state index in [9.17, 15) is 45.2 Å². The number of nitrogens with zero attached hydrogens (tertiary/aromatic N) is 3. The molecule has 0 bridgehead atoms. The standard InChI is InChI=1S/C43H40F4N6O9S/c44-26-14-17-33-29(19-26)34-35(62-33)38(50-36(49-34)24-12-10-23(11-13-24)32-9-6-18-60-32)61-27-20-31-37(54)51-42(40(56)52-63(58,59)28-15-16-28)21-25(42)7-4-2-1-3-5-8-30(39(55)53(31)22-27)48-41(57)43(45,46)47/h4,6-7,9-14,17-19,25,27-28,30-31H,1-3,5,8,15-16,20-22H2,(H,48,57)(H,51,54)(H,52,56)/b7-4-/t25-,27-,30+,31+,42-/m1/s1. The number of benzene rings is 2. The summed E-state index contributed by atoms with van der Waals surface area (Å²) in [5.41, 5.74) is -0.0124. The Kier molecular flexibility index (Phi) is 10.7. The van der Waals surface area contributed by atoms with Gasteiger partial charge in [-0.25, -0.2) is 17.8 Å². The van der Waals surface area contributed by atoms with Gasteiger partial charge in [-0.3, -0.25) is 23.9 Å². The van der Waals surface area contributed by atoms with Crippen molar-refractivity contribution in [1.29, 1.82) is 0 Å². The quantitative estimate of drug-likeness (QED) is 0.125. The molecule has 0 unspecified atom stereocenters. The molecule has 2 aliphatic heterocycles. The van der Waals surface area contributed by atoms with Crippen LogP contribution in [0.25, 0.3) is 44.8 Å². The molecule has 5 heterocycles. The van der Waals surface area contributed by atoms with E-state index in [1.54, 1.807) is 48.6 Å². The van der Waals surface area contributed by atoms with Crippen molar-refractivity contribution in [3.63, 3.8) is 0 Å². The van der Waals surface area contributed by atoms with Gasteiger partial charge >= 0.3 is 12.1 Å². The van der Waals surface area contributed by atoms with E-state index in [0.29, 0.717) is 48.8 Å². The Hall–Kier alpha value is -6.31. The molecule has 3 N–H and O–H groups in total. The first kappa shape index (κ1) is 42.0. The second kappa shape index (κ2) is 16.1. The van der Waals surface area contributed by atoms with Gasteiger partial charge in [-0.1, -0.05) is 49.3 Å². The zero-order valence-electron chi connectivity index (χ0n) is 33.3. The van der Waals surface area contributed by atoms with Crippen LogP contribution in [0.2, 0.25) is 0 Å². The molecule has 1 saturated heterocycles. The smallest absolute Gasteiger partial charge is 0.470 e. The molecule has 2 aliphatic carbocycles. The van der Waals surface area contributed by atoms with Crippen LogP contribution in [0.4, 0.5) is 17.6 Å². The van der Waals surface area contributed by atoms with Crippen molar-refractivity contribution in [2.75, 3.05) is 6.54 Å². The summed E-state index contributed by atoms with van der Waals surface area (Å²) in [6.07, 6.45) is 0.727. The predicted octanol–water partition coefficient (Wildman–Crippen LogP) is 5.84. The lowest BCUT2D eigenvalue weighted by Gasteiger charge is -2.30. The number of furan rings is 2. The maximum atomic E-state index is 14.6. The van der Waals surface area contributed by atoms with Crippen molar-refractivity contribution in [3.05, 3.63) is 78.8 Å². The lowest BCUT2D eigenvalue weighted by Crippen LogP contribution is -2.58. The summed E-state index contributed by atoms with van der Waals surface area (Å²) in [4.78, 5) is 65.3.